The highest BCUT2D eigenvalue weighted by Crippen LogP contribution is 2.30. The number of alkyl halides is 3. The van der Waals surface area contributed by atoms with Gasteiger partial charge in [-0.25, -0.2) is 8.42 Å². The molecule has 1 saturated heterocycles. The lowest BCUT2D eigenvalue weighted by molar-refractivity contribution is -0.0496. The van der Waals surface area contributed by atoms with Crippen molar-refractivity contribution in [1.82, 2.24) is 14.9 Å². The first-order valence-corrected chi connectivity index (χ1v) is 9.70. The van der Waals surface area contributed by atoms with Crippen LogP contribution in [0.25, 0.3) is 0 Å². The lowest BCUT2D eigenvalue weighted by Gasteiger charge is -2.30. The molecule has 2 N–H and O–H groups in total. The molecule has 1 aliphatic heterocycles. The van der Waals surface area contributed by atoms with Gasteiger partial charge in [0, 0.05) is 32.2 Å². The first kappa shape index (κ1) is 22.7. The third kappa shape index (κ3) is 6.12. The normalized spacial score (nSPS) is 26.0. The van der Waals surface area contributed by atoms with Gasteiger partial charge < -0.3 is 10.6 Å². The lowest BCUT2D eigenvalue weighted by Crippen LogP contribution is -2.45. The standard InChI is InChI=1S/C14H25F3N4O2S.HI/c1-3-18-13(20-12-8-10(12)2)19-9-11-4-6-21(7-5-11)24(22,23)14(15,16)17;/h10-12H,3-9H2,1-2H3,(H2,18,19,20);1H. The van der Waals surface area contributed by atoms with Crippen molar-refractivity contribution in [3.63, 3.8) is 0 Å². The highest BCUT2D eigenvalue weighted by atomic mass is 127. The molecule has 0 radical (unpaired) electrons. The molecule has 148 valence electrons. The highest BCUT2D eigenvalue weighted by molar-refractivity contribution is 14.0. The van der Waals surface area contributed by atoms with Gasteiger partial charge >= 0.3 is 15.5 Å². The highest BCUT2D eigenvalue weighted by Gasteiger charge is 2.50. The molecule has 0 aromatic carbocycles. The molecule has 1 aliphatic carbocycles. The van der Waals surface area contributed by atoms with Crippen LogP contribution in [0.1, 0.15) is 33.1 Å². The van der Waals surface area contributed by atoms with E-state index in [1.807, 2.05) is 6.92 Å². The Bertz CT molecular complexity index is 563. The van der Waals surface area contributed by atoms with Gasteiger partial charge in [-0.1, -0.05) is 6.92 Å². The molecule has 0 bridgehead atoms. The Kier molecular flexibility index (Phi) is 8.25. The van der Waals surface area contributed by atoms with Crippen LogP contribution < -0.4 is 10.6 Å². The second-order valence-corrected chi connectivity index (χ2v) is 8.41. The van der Waals surface area contributed by atoms with E-state index in [1.165, 1.54) is 0 Å². The van der Waals surface area contributed by atoms with Crippen LogP contribution in [0.4, 0.5) is 13.2 Å². The van der Waals surface area contributed by atoms with Crippen molar-refractivity contribution in [2.75, 3.05) is 26.2 Å². The SMILES string of the molecule is CCNC(=NCC1CCN(S(=O)(=O)C(F)(F)F)CC1)NC1CC1C.I. The Balaban J connectivity index is 0.00000312. The Morgan fingerprint density at radius 3 is 2.28 bits per heavy atom. The molecule has 0 aromatic rings. The topological polar surface area (TPSA) is 73.8 Å². The van der Waals surface area contributed by atoms with E-state index in [0.29, 0.717) is 35.7 Å². The maximum atomic E-state index is 12.5. The molecule has 6 nitrogen and oxygen atoms in total. The average Bonchev–Trinajstić information content (AvgIpc) is 3.19. The van der Waals surface area contributed by atoms with Crippen molar-refractivity contribution in [1.29, 1.82) is 0 Å². The molecule has 2 aliphatic rings. The third-order valence-corrected chi connectivity index (χ3v) is 6.12. The number of sulfonamides is 1. The fourth-order valence-electron chi connectivity index (χ4n) is 2.72. The molecule has 2 unspecified atom stereocenters. The average molecular weight is 498 g/mol. The number of hydrogen-bond donors (Lipinski definition) is 2. The molecule has 0 amide bonds. The zero-order chi connectivity index (χ0) is 18.0. The number of guanidine groups is 1. The van der Waals surface area contributed by atoms with E-state index < -0.39 is 15.5 Å². The summed E-state index contributed by atoms with van der Waals surface area (Å²) in [5, 5.41) is 6.47. The smallest absolute Gasteiger partial charge is 0.357 e. The van der Waals surface area contributed by atoms with Crippen molar-refractivity contribution in [3.05, 3.63) is 0 Å². The second kappa shape index (κ2) is 9.07. The maximum absolute atomic E-state index is 12.5. The van der Waals surface area contributed by atoms with Crippen LogP contribution in [0.5, 0.6) is 0 Å². The molecular formula is C14H26F3IN4O2S. The lowest BCUT2D eigenvalue weighted by atomic mass is 9.98. The quantitative estimate of drug-likeness (QED) is 0.346. The summed E-state index contributed by atoms with van der Waals surface area (Å²) in [5.41, 5.74) is -5.22. The minimum absolute atomic E-state index is 0. The summed E-state index contributed by atoms with van der Waals surface area (Å²) >= 11 is 0. The number of halogens is 4. The number of rotatable bonds is 5. The largest absolute Gasteiger partial charge is 0.511 e. The second-order valence-electron chi connectivity index (χ2n) is 6.48. The van der Waals surface area contributed by atoms with E-state index in [1.54, 1.807) is 0 Å². The Hall–Kier alpha value is -0.300. The molecule has 1 saturated carbocycles. The summed E-state index contributed by atoms with van der Waals surface area (Å²) in [6, 6.07) is 0.432. The van der Waals surface area contributed by atoms with E-state index in [0.717, 1.165) is 18.9 Å². The van der Waals surface area contributed by atoms with Gasteiger partial charge in [-0.2, -0.15) is 17.5 Å². The minimum Gasteiger partial charge on any atom is -0.357 e. The summed E-state index contributed by atoms with van der Waals surface area (Å²) in [5.74, 6) is 1.44. The molecule has 1 heterocycles. The van der Waals surface area contributed by atoms with Crippen LogP contribution in [0.3, 0.4) is 0 Å². The summed E-state index contributed by atoms with van der Waals surface area (Å²) < 4.78 is 60.9. The fourth-order valence-corrected chi connectivity index (χ4v) is 3.70. The number of aliphatic imine (C=N–C) groups is 1. The van der Waals surface area contributed by atoms with E-state index >= 15 is 0 Å². The Morgan fingerprint density at radius 2 is 1.84 bits per heavy atom. The zero-order valence-electron chi connectivity index (χ0n) is 14.3. The van der Waals surface area contributed by atoms with Gasteiger partial charge in [0.15, 0.2) is 5.96 Å². The van der Waals surface area contributed by atoms with Crippen LogP contribution in [0, 0.1) is 11.8 Å². The van der Waals surface area contributed by atoms with E-state index in [9.17, 15) is 21.6 Å². The molecule has 2 fully saturated rings. The first-order chi connectivity index (χ1) is 11.1. The maximum Gasteiger partial charge on any atom is 0.511 e. The number of nitrogens with zero attached hydrogens (tertiary/aromatic N) is 2. The van der Waals surface area contributed by atoms with Crippen LogP contribution in [0.15, 0.2) is 4.99 Å². The molecule has 25 heavy (non-hydrogen) atoms. The minimum atomic E-state index is -5.22. The molecule has 0 aromatic heterocycles. The molecule has 11 heteroatoms. The van der Waals surface area contributed by atoms with E-state index in [4.69, 9.17) is 0 Å². The third-order valence-electron chi connectivity index (χ3n) is 4.49. The van der Waals surface area contributed by atoms with E-state index in [2.05, 4.69) is 22.5 Å². The molecule has 2 rings (SSSR count). The van der Waals surface area contributed by atoms with Gasteiger partial charge in [0.25, 0.3) is 0 Å². The number of piperidine rings is 1. The summed E-state index contributed by atoms with van der Waals surface area (Å²) in [6.45, 7) is 5.12. The van der Waals surface area contributed by atoms with Gasteiger partial charge in [0.1, 0.15) is 0 Å². The van der Waals surface area contributed by atoms with Gasteiger partial charge in [0.05, 0.1) is 0 Å². The molecular weight excluding hydrogens is 472 g/mol. The summed E-state index contributed by atoms with van der Waals surface area (Å²) in [7, 11) is -5.20. The van der Waals surface area contributed by atoms with Gasteiger partial charge in [-0.15, -0.1) is 24.0 Å². The van der Waals surface area contributed by atoms with Crippen LogP contribution in [-0.4, -0.2) is 56.4 Å². The predicted molar refractivity (Wildman–Crippen MR) is 101 cm³/mol. The van der Waals surface area contributed by atoms with Crippen molar-refractivity contribution < 1.29 is 21.6 Å². The van der Waals surface area contributed by atoms with Gasteiger partial charge in [0.2, 0.25) is 0 Å². The fraction of sp³-hybridized carbons (Fsp3) is 0.929. The molecule has 2 atom stereocenters. The van der Waals surface area contributed by atoms with Crippen molar-refractivity contribution in [3.8, 4) is 0 Å². The van der Waals surface area contributed by atoms with Gasteiger partial charge in [-0.3, -0.25) is 4.99 Å². The van der Waals surface area contributed by atoms with Crippen molar-refractivity contribution in [2.24, 2.45) is 16.8 Å². The van der Waals surface area contributed by atoms with Crippen molar-refractivity contribution in [2.45, 2.75) is 44.7 Å². The summed E-state index contributed by atoms with van der Waals surface area (Å²) in [4.78, 5) is 4.49. The first-order valence-electron chi connectivity index (χ1n) is 8.26. The number of nitrogens with one attached hydrogen (secondary N) is 2. The van der Waals surface area contributed by atoms with Gasteiger partial charge in [-0.05, 0) is 38.0 Å². The predicted octanol–water partition coefficient (Wildman–Crippen LogP) is 2.13. The monoisotopic (exact) mass is 498 g/mol. The zero-order valence-corrected chi connectivity index (χ0v) is 17.5. The Labute approximate surface area is 164 Å². The number of hydrogen-bond acceptors (Lipinski definition) is 3. The van der Waals surface area contributed by atoms with E-state index in [-0.39, 0.29) is 43.0 Å². The Morgan fingerprint density at radius 1 is 1.28 bits per heavy atom. The van der Waals surface area contributed by atoms with Crippen LogP contribution in [-0.2, 0) is 10.0 Å². The van der Waals surface area contributed by atoms with Crippen LogP contribution >= 0.6 is 24.0 Å². The van der Waals surface area contributed by atoms with Crippen molar-refractivity contribution >= 4 is 40.0 Å². The molecule has 0 spiro atoms. The summed E-state index contributed by atoms with van der Waals surface area (Å²) in [6.07, 6.45) is 1.88. The van der Waals surface area contributed by atoms with Crippen LogP contribution in [0.2, 0.25) is 0 Å².